The third kappa shape index (κ3) is 2.06. The van der Waals surface area contributed by atoms with Gasteiger partial charge in [-0.2, -0.15) is 0 Å². The first-order valence-electron chi connectivity index (χ1n) is 5.39. The largest absolute Gasteiger partial charge is 0.497 e. The molecule has 1 aliphatic heterocycles. The molecule has 5 nitrogen and oxygen atoms in total. The van der Waals surface area contributed by atoms with E-state index in [0.717, 1.165) is 0 Å². The lowest BCUT2D eigenvalue weighted by molar-refractivity contribution is -0.124. The summed E-state index contributed by atoms with van der Waals surface area (Å²) in [5.74, 6) is 0.944. The predicted octanol–water partition coefficient (Wildman–Crippen LogP) is 0.801. The number of carbonyl (C=O) groups excluding carboxylic acids is 1. The van der Waals surface area contributed by atoms with Gasteiger partial charge in [0.05, 0.1) is 19.9 Å². The zero-order chi connectivity index (χ0) is 12.4. The summed E-state index contributed by atoms with van der Waals surface area (Å²) in [5.41, 5.74) is 0.633. The van der Waals surface area contributed by atoms with Crippen molar-refractivity contribution >= 4 is 11.6 Å². The van der Waals surface area contributed by atoms with Crippen molar-refractivity contribution < 1.29 is 19.4 Å². The highest BCUT2D eigenvalue weighted by molar-refractivity contribution is 6.00. The first kappa shape index (κ1) is 11.7. The molecule has 1 fully saturated rings. The van der Waals surface area contributed by atoms with Crippen LogP contribution >= 0.6 is 0 Å². The fourth-order valence-corrected chi connectivity index (χ4v) is 1.91. The van der Waals surface area contributed by atoms with Gasteiger partial charge in [0.25, 0.3) is 5.91 Å². The highest BCUT2D eigenvalue weighted by Gasteiger charge is 2.32. The molecule has 1 aromatic carbocycles. The Hall–Kier alpha value is -1.75. The van der Waals surface area contributed by atoms with E-state index in [4.69, 9.17) is 9.47 Å². The van der Waals surface area contributed by atoms with Gasteiger partial charge in [-0.05, 0) is 12.1 Å². The van der Waals surface area contributed by atoms with Gasteiger partial charge in [-0.15, -0.1) is 0 Å². The average Bonchev–Trinajstić information content (AvgIpc) is 2.69. The summed E-state index contributed by atoms with van der Waals surface area (Å²) in [6.45, 7) is 0.490. The maximum absolute atomic E-state index is 11.8. The molecular weight excluding hydrogens is 222 g/mol. The van der Waals surface area contributed by atoms with Crippen molar-refractivity contribution in [2.45, 2.75) is 12.5 Å². The van der Waals surface area contributed by atoms with E-state index in [-0.39, 0.29) is 5.91 Å². The second kappa shape index (κ2) is 4.63. The highest BCUT2D eigenvalue weighted by atomic mass is 16.5. The number of benzene rings is 1. The van der Waals surface area contributed by atoms with Crippen LogP contribution in [0.15, 0.2) is 18.2 Å². The van der Waals surface area contributed by atoms with Gasteiger partial charge in [0.1, 0.15) is 17.6 Å². The van der Waals surface area contributed by atoms with Crippen LogP contribution in [-0.4, -0.2) is 37.9 Å². The highest BCUT2D eigenvalue weighted by Crippen LogP contribution is 2.34. The van der Waals surface area contributed by atoms with Gasteiger partial charge in [-0.25, -0.2) is 0 Å². The van der Waals surface area contributed by atoms with Gasteiger partial charge in [-0.3, -0.25) is 4.79 Å². The van der Waals surface area contributed by atoms with E-state index in [0.29, 0.717) is 30.2 Å². The number of aliphatic hydroxyl groups is 1. The van der Waals surface area contributed by atoms with Crippen LogP contribution in [0.2, 0.25) is 0 Å². The minimum Gasteiger partial charge on any atom is -0.497 e. The second-order valence-electron chi connectivity index (χ2n) is 3.83. The van der Waals surface area contributed by atoms with Gasteiger partial charge in [-0.1, -0.05) is 0 Å². The number of methoxy groups -OCH3 is 2. The van der Waals surface area contributed by atoms with Crippen LogP contribution in [-0.2, 0) is 4.79 Å². The van der Waals surface area contributed by atoms with Crippen molar-refractivity contribution in [3.05, 3.63) is 18.2 Å². The summed E-state index contributed by atoms with van der Waals surface area (Å²) in [5, 5.41) is 9.46. The standard InChI is InChI=1S/C12H15NO4/c1-16-8-3-4-11(17-2)9(7-8)13-6-5-10(14)12(13)15/h3-4,7,10,14H,5-6H2,1-2H3. The number of nitrogens with zero attached hydrogens (tertiary/aromatic N) is 1. The molecule has 1 N–H and O–H groups in total. The van der Waals surface area contributed by atoms with Gasteiger partial charge >= 0.3 is 0 Å². The van der Waals surface area contributed by atoms with E-state index in [1.54, 1.807) is 32.4 Å². The van der Waals surface area contributed by atoms with E-state index in [1.807, 2.05) is 0 Å². The Kier molecular flexibility index (Phi) is 3.19. The molecule has 0 bridgehead atoms. The van der Waals surface area contributed by atoms with Crippen LogP contribution in [0.3, 0.4) is 0 Å². The maximum atomic E-state index is 11.8. The molecule has 0 saturated carbocycles. The summed E-state index contributed by atoms with van der Waals surface area (Å²) in [6.07, 6.45) is -0.468. The van der Waals surface area contributed by atoms with Crippen LogP contribution in [0.5, 0.6) is 11.5 Å². The molecule has 0 aromatic heterocycles. The van der Waals surface area contributed by atoms with Crippen molar-refractivity contribution in [3.8, 4) is 11.5 Å². The van der Waals surface area contributed by atoms with Crippen LogP contribution in [0.25, 0.3) is 0 Å². The minimum atomic E-state index is -0.911. The van der Waals surface area contributed by atoms with Crippen LogP contribution in [0, 0.1) is 0 Å². The molecule has 1 atom stereocenters. The van der Waals surface area contributed by atoms with E-state index < -0.39 is 6.10 Å². The van der Waals surface area contributed by atoms with Crippen molar-refractivity contribution in [1.82, 2.24) is 0 Å². The van der Waals surface area contributed by atoms with E-state index >= 15 is 0 Å². The number of amides is 1. The van der Waals surface area contributed by atoms with Crippen molar-refractivity contribution in [2.75, 3.05) is 25.7 Å². The Balaban J connectivity index is 2.39. The van der Waals surface area contributed by atoms with Gasteiger partial charge in [0.2, 0.25) is 0 Å². The van der Waals surface area contributed by atoms with E-state index in [1.165, 1.54) is 4.90 Å². The van der Waals surface area contributed by atoms with Gasteiger partial charge in [0.15, 0.2) is 0 Å². The van der Waals surface area contributed by atoms with Gasteiger partial charge in [0, 0.05) is 19.0 Å². The lowest BCUT2D eigenvalue weighted by Gasteiger charge is -2.19. The zero-order valence-corrected chi connectivity index (χ0v) is 9.84. The molecular formula is C12H15NO4. The summed E-state index contributed by atoms with van der Waals surface area (Å²) >= 11 is 0. The SMILES string of the molecule is COc1ccc(OC)c(N2CCC(O)C2=O)c1. The molecule has 1 unspecified atom stereocenters. The summed E-state index contributed by atoms with van der Waals surface area (Å²) in [4.78, 5) is 13.3. The molecule has 0 spiro atoms. The summed E-state index contributed by atoms with van der Waals surface area (Å²) in [7, 11) is 3.11. The molecule has 1 saturated heterocycles. The van der Waals surface area contributed by atoms with E-state index in [2.05, 4.69) is 0 Å². The van der Waals surface area contributed by atoms with Crippen LogP contribution in [0.1, 0.15) is 6.42 Å². The summed E-state index contributed by atoms with van der Waals surface area (Å²) in [6, 6.07) is 5.24. The molecule has 1 amide bonds. The number of aliphatic hydroxyl groups excluding tert-OH is 1. The Morgan fingerprint density at radius 3 is 2.65 bits per heavy atom. The third-order valence-electron chi connectivity index (χ3n) is 2.85. The normalized spacial score (nSPS) is 19.6. The number of ether oxygens (including phenoxy) is 2. The second-order valence-corrected chi connectivity index (χ2v) is 3.83. The topological polar surface area (TPSA) is 59.0 Å². The molecule has 1 aliphatic rings. The Morgan fingerprint density at radius 1 is 1.35 bits per heavy atom. The number of rotatable bonds is 3. The predicted molar refractivity (Wildman–Crippen MR) is 62.5 cm³/mol. The molecule has 0 radical (unpaired) electrons. The molecule has 1 heterocycles. The number of hydrogen-bond donors (Lipinski definition) is 1. The fourth-order valence-electron chi connectivity index (χ4n) is 1.91. The Bertz CT molecular complexity index is 433. The average molecular weight is 237 g/mol. The molecule has 0 aliphatic carbocycles. The van der Waals surface area contributed by atoms with Crippen LogP contribution < -0.4 is 14.4 Å². The van der Waals surface area contributed by atoms with Gasteiger partial charge < -0.3 is 19.5 Å². The Morgan fingerprint density at radius 2 is 2.12 bits per heavy atom. The molecule has 5 heteroatoms. The molecule has 92 valence electrons. The van der Waals surface area contributed by atoms with Crippen molar-refractivity contribution in [3.63, 3.8) is 0 Å². The van der Waals surface area contributed by atoms with Crippen molar-refractivity contribution in [2.24, 2.45) is 0 Å². The Labute approximate surface area is 99.6 Å². The first-order valence-corrected chi connectivity index (χ1v) is 5.39. The first-order chi connectivity index (χ1) is 8.17. The van der Waals surface area contributed by atoms with Crippen LogP contribution in [0.4, 0.5) is 5.69 Å². The van der Waals surface area contributed by atoms with Crippen molar-refractivity contribution in [1.29, 1.82) is 0 Å². The number of carbonyl (C=O) groups is 1. The third-order valence-corrected chi connectivity index (χ3v) is 2.85. The maximum Gasteiger partial charge on any atom is 0.255 e. The zero-order valence-electron chi connectivity index (χ0n) is 9.84. The number of hydrogen-bond acceptors (Lipinski definition) is 4. The lowest BCUT2D eigenvalue weighted by Crippen LogP contribution is -2.29. The van der Waals surface area contributed by atoms with E-state index in [9.17, 15) is 9.90 Å². The lowest BCUT2D eigenvalue weighted by atomic mass is 10.2. The molecule has 2 rings (SSSR count). The summed E-state index contributed by atoms with van der Waals surface area (Å²) < 4.78 is 10.3. The quantitative estimate of drug-likeness (QED) is 0.844. The fraction of sp³-hybridized carbons (Fsp3) is 0.417. The number of anilines is 1. The minimum absolute atomic E-state index is 0.295. The molecule has 1 aromatic rings. The smallest absolute Gasteiger partial charge is 0.255 e. The molecule has 17 heavy (non-hydrogen) atoms. The monoisotopic (exact) mass is 237 g/mol.